The predicted octanol–water partition coefficient (Wildman–Crippen LogP) is 1.87. The molecule has 3 rings (SSSR count). The average Bonchev–Trinajstić information content (AvgIpc) is 3.34. The van der Waals surface area contributed by atoms with Crippen LogP contribution in [0.2, 0.25) is 5.02 Å². The third kappa shape index (κ3) is 3.62. The number of amides is 1. The van der Waals surface area contributed by atoms with Crippen molar-refractivity contribution in [2.45, 2.75) is 44.6 Å². The molecule has 2 aromatic rings. The van der Waals surface area contributed by atoms with Crippen molar-refractivity contribution >= 4 is 17.6 Å². The van der Waals surface area contributed by atoms with Crippen LogP contribution in [0.4, 0.5) is 4.79 Å². The molecular weight excluding hydrogens is 330 g/mol. The van der Waals surface area contributed by atoms with Crippen LogP contribution in [0, 0.1) is 0 Å². The summed E-state index contributed by atoms with van der Waals surface area (Å²) in [6, 6.07) is 6.95. The minimum Gasteiger partial charge on any atom is -0.334 e. The van der Waals surface area contributed by atoms with Gasteiger partial charge in [0, 0.05) is 17.0 Å². The highest BCUT2D eigenvalue weighted by Gasteiger charge is 2.31. The van der Waals surface area contributed by atoms with Gasteiger partial charge in [-0.15, -0.1) is 9.78 Å². The van der Waals surface area contributed by atoms with Crippen LogP contribution in [-0.4, -0.2) is 26.5 Å². The number of nitrogen functional groups attached to an aromatic ring is 1. The number of carbonyl (C=O) groups excluding carboxylic acids is 1. The van der Waals surface area contributed by atoms with Crippen LogP contribution in [0.1, 0.15) is 43.5 Å². The van der Waals surface area contributed by atoms with E-state index in [1.807, 2.05) is 31.2 Å². The van der Waals surface area contributed by atoms with E-state index < -0.39 is 11.7 Å². The number of nitrogens with one attached hydrogen (secondary N) is 1. The van der Waals surface area contributed by atoms with Crippen LogP contribution < -0.4 is 16.8 Å². The van der Waals surface area contributed by atoms with Crippen LogP contribution >= 0.6 is 11.6 Å². The van der Waals surface area contributed by atoms with E-state index in [4.69, 9.17) is 17.4 Å². The third-order valence-corrected chi connectivity index (χ3v) is 4.37. The minimum atomic E-state index is -0.612. The fourth-order valence-corrected chi connectivity index (χ4v) is 2.65. The molecule has 0 radical (unpaired) electrons. The second kappa shape index (κ2) is 6.68. The highest BCUT2D eigenvalue weighted by Crippen LogP contribution is 2.37. The molecule has 0 aliphatic heterocycles. The zero-order chi connectivity index (χ0) is 17.3. The van der Waals surface area contributed by atoms with Gasteiger partial charge in [-0.05, 0) is 50.3 Å². The first-order valence-corrected chi connectivity index (χ1v) is 8.36. The summed E-state index contributed by atoms with van der Waals surface area (Å²) in [5.74, 6) is 6.36. The summed E-state index contributed by atoms with van der Waals surface area (Å²) in [6.45, 7) is 1.89. The second-order valence-electron chi connectivity index (χ2n) is 6.21. The SMILES string of the molecule is CC(CCc1ccc(Cl)cc1)NC(=O)n1nc(C2CC2)n(N)c1=O. The molecule has 1 aliphatic carbocycles. The number of benzene rings is 1. The molecule has 3 N–H and O–H groups in total. The fraction of sp³-hybridized carbons (Fsp3) is 0.438. The van der Waals surface area contributed by atoms with E-state index in [2.05, 4.69) is 10.4 Å². The van der Waals surface area contributed by atoms with E-state index in [1.165, 1.54) is 0 Å². The summed E-state index contributed by atoms with van der Waals surface area (Å²) in [7, 11) is 0. The first-order valence-electron chi connectivity index (χ1n) is 7.98. The van der Waals surface area contributed by atoms with Gasteiger partial charge in [0.05, 0.1) is 0 Å². The van der Waals surface area contributed by atoms with Crippen molar-refractivity contribution in [3.05, 3.63) is 51.2 Å². The minimum absolute atomic E-state index is 0.104. The van der Waals surface area contributed by atoms with Crippen molar-refractivity contribution in [1.29, 1.82) is 0 Å². The van der Waals surface area contributed by atoms with Crippen LogP contribution in [0.15, 0.2) is 29.1 Å². The van der Waals surface area contributed by atoms with Crippen LogP contribution in [0.25, 0.3) is 0 Å². The molecule has 1 fully saturated rings. The Bertz CT molecular complexity index is 792. The fourth-order valence-electron chi connectivity index (χ4n) is 2.52. The summed E-state index contributed by atoms with van der Waals surface area (Å²) in [6.07, 6.45) is 3.44. The molecule has 1 amide bonds. The molecule has 1 aromatic heterocycles. The molecule has 1 aromatic carbocycles. The lowest BCUT2D eigenvalue weighted by molar-refractivity contribution is 0.234. The van der Waals surface area contributed by atoms with Crippen LogP contribution in [-0.2, 0) is 6.42 Å². The van der Waals surface area contributed by atoms with Gasteiger partial charge in [-0.2, -0.15) is 4.68 Å². The van der Waals surface area contributed by atoms with E-state index in [0.29, 0.717) is 10.8 Å². The molecule has 24 heavy (non-hydrogen) atoms. The number of carbonyl (C=O) groups is 1. The van der Waals surface area contributed by atoms with Gasteiger partial charge in [0.2, 0.25) is 0 Å². The van der Waals surface area contributed by atoms with Gasteiger partial charge in [0.15, 0.2) is 5.82 Å². The zero-order valence-electron chi connectivity index (χ0n) is 13.4. The van der Waals surface area contributed by atoms with Gasteiger partial charge < -0.3 is 11.2 Å². The number of aryl methyl sites for hydroxylation is 1. The summed E-state index contributed by atoms with van der Waals surface area (Å²) >= 11 is 5.86. The summed E-state index contributed by atoms with van der Waals surface area (Å²) < 4.78 is 1.78. The van der Waals surface area contributed by atoms with Gasteiger partial charge in [0.25, 0.3) is 0 Å². The Morgan fingerprint density at radius 2 is 2.08 bits per heavy atom. The lowest BCUT2D eigenvalue weighted by Gasteiger charge is -2.13. The topological polar surface area (TPSA) is 94.9 Å². The molecule has 1 aliphatic rings. The van der Waals surface area contributed by atoms with Gasteiger partial charge >= 0.3 is 11.7 Å². The molecular formula is C16H20ClN5O2. The summed E-state index contributed by atoms with van der Waals surface area (Å²) in [5.41, 5.74) is 0.527. The largest absolute Gasteiger partial charge is 0.373 e. The van der Waals surface area contributed by atoms with E-state index in [-0.39, 0.29) is 12.0 Å². The molecule has 1 heterocycles. The van der Waals surface area contributed by atoms with E-state index in [1.54, 1.807) is 0 Å². The molecule has 1 unspecified atom stereocenters. The lowest BCUT2D eigenvalue weighted by Crippen LogP contribution is -2.42. The average molecular weight is 350 g/mol. The summed E-state index contributed by atoms with van der Waals surface area (Å²) in [5, 5.41) is 7.55. The van der Waals surface area contributed by atoms with Crippen molar-refractivity contribution in [3.63, 3.8) is 0 Å². The Morgan fingerprint density at radius 1 is 1.42 bits per heavy atom. The predicted molar refractivity (Wildman–Crippen MR) is 91.8 cm³/mol. The molecule has 0 bridgehead atoms. The zero-order valence-corrected chi connectivity index (χ0v) is 14.2. The van der Waals surface area contributed by atoms with E-state index >= 15 is 0 Å². The Kier molecular flexibility index (Phi) is 4.62. The Balaban J connectivity index is 1.59. The normalized spacial score (nSPS) is 15.2. The number of nitrogens with two attached hydrogens (primary N) is 1. The van der Waals surface area contributed by atoms with E-state index in [0.717, 1.165) is 40.6 Å². The molecule has 8 heteroatoms. The number of rotatable bonds is 5. The second-order valence-corrected chi connectivity index (χ2v) is 6.65. The van der Waals surface area contributed by atoms with Gasteiger partial charge in [-0.1, -0.05) is 23.7 Å². The molecule has 1 atom stereocenters. The number of halogens is 1. The summed E-state index contributed by atoms with van der Waals surface area (Å²) in [4.78, 5) is 24.3. The first-order chi connectivity index (χ1) is 11.5. The highest BCUT2D eigenvalue weighted by atomic mass is 35.5. The number of aromatic nitrogens is 3. The van der Waals surface area contributed by atoms with Crippen molar-refractivity contribution in [2.75, 3.05) is 5.84 Å². The maximum atomic E-state index is 12.2. The molecule has 128 valence electrons. The molecule has 7 nitrogen and oxygen atoms in total. The highest BCUT2D eigenvalue weighted by molar-refractivity contribution is 6.30. The first kappa shape index (κ1) is 16.6. The smallest absolute Gasteiger partial charge is 0.334 e. The Labute approximate surface area is 144 Å². The Hall–Kier alpha value is -2.28. The van der Waals surface area contributed by atoms with Crippen LogP contribution in [0.3, 0.4) is 0 Å². The maximum Gasteiger partial charge on any atom is 0.373 e. The van der Waals surface area contributed by atoms with Gasteiger partial charge in [0.1, 0.15) is 0 Å². The quantitative estimate of drug-likeness (QED) is 0.805. The standard InChI is InChI=1S/C16H20ClN5O2/c1-10(2-3-11-4-8-13(17)9-5-11)19-15(23)22-16(24)21(18)14(20-22)12-6-7-12/h4-5,8-10,12H,2-3,6-7,18H2,1H3,(H,19,23). The van der Waals surface area contributed by atoms with E-state index in [9.17, 15) is 9.59 Å². The van der Waals surface area contributed by atoms with Crippen molar-refractivity contribution in [1.82, 2.24) is 19.8 Å². The third-order valence-electron chi connectivity index (χ3n) is 4.12. The molecule has 0 saturated heterocycles. The van der Waals surface area contributed by atoms with Crippen molar-refractivity contribution in [2.24, 2.45) is 0 Å². The van der Waals surface area contributed by atoms with Crippen LogP contribution in [0.5, 0.6) is 0 Å². The van der Waals surface area contributed by atoms with Gasteiger partial charge in [-0.3, -0.25) is 0 Å². The maximum absolute atomic E-state index is 12.2. The number of hydrogen-bond donors (Lipinski definition) is 2. The number of nitrogens with zero attached hydrogens (tertiary/aromatic N) is 3. The number of hydrogen-bond acceptors (Lipinski definition) is 4. The molecule has 0 spiro atoms. The lowest BCUT2D eigenvalue weighted by atomic mass is 10.1. The van der Waals surface area contributed by atoms with Crippen molar-refractivity contribution < 1.29 is 4.79 Å². The Morgan fingerprint density at radius 3 is 2.71 bits per heavy atom. The monoisotopic (exact) mass is 349 g/mol. The van der Waals surface area contributed by atoms with Gasteiger partial charge in [-0.25, -0.2) is 9.59 Å². The molecule has 1 saturated carbocycles. The van der Waals surface area contributed by atoms with Crippen molar-refractivity contribution in [3.8, 4) is 0 Å².